The van der Waals surface area contributed by atoms with Crippen molar-refractivity contribution < 1.29 is 0 Å². The van der Waals surface area contributed by atoms with Gasteiger partial charge in [-0.15, -0.1) is 0 Å². The Bertz CT molecular complexity index is 201. The minimum atomic E-state index is 0.692. The van der Waals surface area contributed by atoms with Gasteiger partial charge in [-0.1, -0.05) is 27.2 Å². The molecule has 14 heavy (non-hydrogen) atoms. The van der Waals surface area contributed by atoms with E-state index >= 15 is 0 Å². The van der Waals surface area contributed by atoms with Crippen molar-refractivity contribution in [3.63, 3.8) is 0 Å². The Hall–Kier alpha value is -0.0400. The first kappa shape index (κ1) is 10.5. The molecule has 1 heterocycles. The summed E-state index contributed by atoms with van der Waals surface area (Å²) in [6.45, 7) is 9.88. The molecule has 1 N–H and O–H groups in total. The van der Waals surface area contributed by atoms with E-state index in [-0.39, 0.29) is 0 Å². The van der Waals surface area contributed by atoms with Gasteiger partial charge in [0.05, 0.1) is 0 Å². The van der Waals surface area contributed by atoms with Gasteiger partial charge < -0.3 is 5.32 Å². The van der Waals surface area contributed by atoms with Gasteiger partial charge in [0.25, 0.3) is 0 Å². The van der Waals surface area contributed by atoms with E-state index in [1.165, 1.54) is 38.8 Å². The first-order valence-corrected chi connectivity index (χ1v) is 6.36. The predicted molar refractivity (Wildman–Crippen MR) is 61.3 cm³/mol. The Balaban J connectivity index is 2.12. The summed E-state index contributed by atoms with van der Waals surface area (Å²) in [7, 11) is 0. The fourth-order valence-electron chi connectivity index (χ4n) is 3.91. The molecular weight excluding hydrogens is 170 g/mol. The van der Waals surface area contributed by atoms with Crippen LogP contribution in [-0.4, -0.2) is 13.1 Å². The smallest absolute Gasteiger partial charge is 0.00177 e. The molecule has 0 radical (unpaired) electrons. The number of nitrogens with one attached hydrogen (secondary N) is 1. The zero-order valence-corrected chi connectivity index (χ0v) is 9.97. The molecule has 0 amide bonds. The lowest BCUT2D eigenvalue weighted by Crippen LogP contribution is -2.49. The fourth-order valence-corrected chi connectivity index (χ4v) is 3.91. The fraction of sp³-hybridized carbons (Fsp3) is 1.00. The summed E-state index contributed by atoms with van der Waals surface area (Å²) in [6.07, 6.45) is 5.83. The maximum Gasteiger partial charge on any atom is -0.00177 e. The summed E-state index contributed by atoms with van der Waals surface area (Å²) < 4.78 is 0. The van der Waals surface area contributed by atoms with Crippen molar-refractivity contribution in [1.29, 1.82) is 0 Å². The molecule has 2 rings (SSSR count). The summed E-state index contributed by atoms with van der Waals surface area (Å²) in [5.74, 6) is 2.81. The van der Waals surface area contributed by atoms with Crippen molar-refractivity contribution in [2.75, 3.05) is 13.1 Å². The minimum absolute atomic E-state index is 0.692. The monoisotopic (exact) mass is 195 g/mol. The van der Waals surface area contributed by atoms with Crippen molar-refractivity contribution >= 4 is 0 Å². The van der Waals surface area contributed by atoms with Gasteiger partial charge >= 0.3 is 0 Å². The average molecular weight is 195 g/mol. The lowest BCUT2D eigenvalue weighted by Gasteiger charge is -2.51. The molecule has 1 spiro atoms. The highest BCUT2D eigenvalue weighted by atomic mass is 14.9. The summed E-state index contributed by atoms with van der Waals surface area (Å²) in [4.78, 5) is 0. The van der Waals surface area contributed by atoms with Gasteiger partial charge in [-0.05, 0) is 55.5 Å². The van der Waals surface area contributed by atoms with Crippen LogP contribution in [0.15, 0.2) is 0 Å². The average Bonchev–Trinajstić information content (AvgIpc) is 2.15. The summed E-state index contributed by atoms with van der Waals surface area (Å²) in [5, 5.41) is 3.54. The molecule has 0 bridgehead atoms. The molecule has 1 saturated heterocycles. The molecule has 4 atom stereocenters. The van der Waals surface area contributed by atoms with Gasteiger partial charge in [-0.25, -0.2) is 0 Å². The Morgan fingerprint density at radius 1 is 1.07 bits per heavy atom. The van der Waals surface area contributed by atoms with E-state index in [4.69, 9.17) is 0 Å². The topological polar surface area (TPSA) is 12.0 Å². The van der Waals surface area contributed by atoms with E-state index in [1.54, 1.807) is 0 Å². The third-order valence-electron chi connectivity index (χ3n) is 5.04. The molecule has 0 aromatic rings. The normalized spacial score (nSPS) is 49.5. The minimum Gasteiger partial charge on any atom is -0.316 e. The Morgan fingerprint density at radius 3 is 2.50 bits per heavy atom. The van der Waals surface area contributed by atoms with E-state index in [2.05, 4.69) is 26.1 Å². The van der Waals surface area contributed by atoms with Crippen LogP contribution in [0, 0.1) is 23.2 Å². The lowest BCUT2D eigenvalue weighted by atomic mass is 9.56. The van der Waals surface area contributed by atoms with E-state index in [1.807, 2.05) is 0 Å². The van der Waals surface area contributed by atoms with Crippen molar-refractivity contribution in [3.8, 4) is 0 Å². The molecular formula is C13H25N. The molecule has 1 nitrogen and oxygen atoms in total. The van der Waals surface area contributed by atoms with E-state index < -0.39 is 0 Å². The third-order valence-corrected chi connectivity index (χ3v) is 5.04. The highest BCUT2D eigenvalue weighted by molar-refractivity contribution is 4.96. The SMILES string of the molecule is CC1CCC2(CCNCC2C)C(C)C1. The molecule has 1 aliphatic carbocycles. The summed E-state index contributed by atoms with van der Waals surface area (Å²) in [5.41, 5.74) is 0.692. The zero-order valence-electron chi connectivity index (χ0n) is 9.97. The second-order valence-electron chi connectivity index (χ2n) is 5.87. The standard InChI is InChI=1S/C13H25N/c1-10-4-5-13(11(2)8-10)6-7-14-9-12(13)3/h10-12,14H,4-9H2,1-3H3. The maximum absolute atomic E-state index is 3.54. The van der Waals surface area contributed by atoms with Crippen molar-refractivity contribution in [2.45, 2.75) is 46.5 Å². The molecule has 1 saturated carbocycles. The van der Waals surface area contributed by atoms with Crippen LogP contribution in [0.25, 0.3) is 0 Å². The van der Waals surface area contributed by atoms with Gasteiger partial charge in [0, 0.05) is 0 Å². The molecule has 2 fully saturated rings. The summed E-state index contributed by atoms with van der Waals surface area (Å²) >= 11 is 0. The summed E-state index contributed by atoms with van der Waals surface area (Å²) in [6, 6.07) is 0. The zero-order chi connectivity index (χ0) is 10.2. The maximum atomic E-state index is 3.54. The van der Waals surface area contributed by atoms with Crippen LogP contribution in [0.5, 0.6) is 0 Å². The van der Waals surface area contributed by atoms with Gasteiger partial charge in [0.2, 0.25) is 0 Å². The quantitative estimate of drug-likeness (QED) is 0.626. The highest BCUT2D eigenvalue weighted by Gasteiger charge is 2.44. The van der Waals surface area contributed by atoms with Crippen molar-refractivity contribution in [1.82, 2.24) is 5.32 Å². The van der Waals surface area contributed by atoms with E-state index in [9.17, 15) is 0 Å². The first-order valence-electron chi connectivity index (χ1n) is 6.36. The third kappa shape index (κ3) is 1.60. The molecule has 4 unspecified atom stereocenters. The van der Waals surface area contributed by atoms with Crippen LogP contribution < -0.4 is 5.32 Å². The number of hydrogen-bond donors (Lipinski definition) is 1. The molecule has 2 aliphatic rings. The first-order chi connectivity index (χ1) is 6.65. The van der Waals surface area contributed by atoms with Crippen molar-refractivity contribution in [3.05, 3.63) is 0 Å². The van der Waals surface area contributed by atoms with Gasteiger partial charge in [0.1, 0.15) is 0 Å². The second-order valence-corrected chi connectivity index (χ2v) is 5.87. The predicted octanol–water partition coefficient (Wildman–Crippen LogP) is 3.06. The van der Waals surface area contributed by atoms with Gasteiger partial charge in [-0.2, -0.15) is 0 Å². The molecule has 1 aliphatic heterocycles. The van der Waals surface area contributed by atoms with Crippen LogP contribution in [-0.2, 0) is 0 Å². The Labute approximate surface area is 88.7 Å². The molecule has 0 aromatic carbocycles. The number of piperidine rings is 1. The Morgan fingerprint density at radius 2 is 1.86 bits per heavy atom. The number of rotatable bonds is 0. The molecule has 82 valence electrons. The Kier molecular flexibility index (Phi) is 2.88. The highest BCUT2D eigenvalue weighted by Crippen LogP contribution is 2.51. The van der Waals surface area contributed by atoms with Gasteiger partial charge in [0.15, 0.2) is 0 Å². The largest absolute Gasteiger partial charge is 0.316 e. The lowest BCUT2D eigenvalue weighted by molar-refractivity contribution is -0.00231. The van der Waals surface area contributed by atoms with E-state index in [0.29, 0.717) is 5.41 Å². The van der Waals surface area contributed by atoms with Crippen LogP contribution in [0.4, 0.5) is 0 Å². The molecule has 0 aromatic heterocycles. The number of hydrogen-bond acceptors (Lipinski definition) is 1. The van der Waals surface area contributed by atoms with Crippen molar-refractivity contribution in [2.24, 2.45) is 23.2 Å². The van der Waals surface area contributed by atoms with E-state index in [0.717, 1.165) is 17.8 Å². The van der Waals surface area contributed by atoms with Crippen LogP contribution in [0.1, 0.15) is 46.5 Å². The van der Waals surface area contributed by atoms with Crippen LogP contribution >= 0.6 is 0 Å². The van der Waals surface area contributed by atoms with Crippen LogP contribution in [0.2, 0.25) is 0 Å². The second kappa shape index (κ2) is 3.84. The van der Waals surface area contributed by atoms with Gasteiger partial charge in [-0.3, -0.25) is 0 Å². The molecule has 1 heteroatoms. The van der Waals surface area contributed by atoms with Crippen LogP contribution in [0.3, 0.4) is 0 Å².